The predicted molar refractivity (Wildman–Crippen MR) is 131 cm³/mol. The fraction of sp³-hybridized carbons (Fsp3) is 0.679. The second-order valence-corrected chi connectivity index (χ2v) is 12.4. The SMILES string of the molecule is CC(=N)/C(C(=O)OC1C(C)=CC23CCC4C(C(C=C5COC(C)(C)OC5C12O)C3=O)C4(C)C)=C(/C)O. The highest BCUT2D eigenvalue weighted by Gasteiger charge is 2.75. The third-order valence-electron chi connectivity index (χ3n) is 9.40. The van der Waals surface area contributed by atoms with Crippen molar-refractivity contribution < 1.29 is 34.0 Å². The molecule has 5 rings (SSSR count). The van der Waals surface area contributed by atoms with Gasteiger partial charge < -0.3 is 29.8 Å². The largest absolute Gasteiger partial charge is 0.512 e. The molecule has 8 nitrogen and oxygen atoms in total. The van der Waals surface area contributed by atoms with Gasteiger partial charge in [-0.3, -0.25) is 4.79 Å². The number of Topliss-reactive ketones (excluding diaryl/α,β-unsaturated/α-hetero) is 1. The molecule has 8 heteroatoms. The molecule has 5 aliphatic rings. The number of aliphatic hydroxyl groups is 2. The number of hydrogen-bond donors (Lipinski definition) is 3. The average Bonchev–Trinajstić information content (AvgIpc) is 3.28. The van der Waals surface area contributed by atoms with E-state index in [1.807, 2.05) is 6.08 Å². The lowest BCUT2D eigenvalue weighted by Gasteiger charge is -2.51. The number of ketones is 1. The number of rotatable bonds is 3. The topological polar surface area (TPSA) is 126 Å². The zero-order chi connectivity index (χ0) is 26.6. The van der Waals surface area contributed by atoms with Gasteiger partial charge in [-0.15, -0.1) is 0 Å². The van der Waals surface area contributed by atoms with Crippen molar-refractivity contribution in [3.8, 4) is 0 Å². The van der Waals surface area contributed by atoms with E-state index >= 15 is 0 Å². The minimum absolute atomic E-state index is 0.0235. The van der Waals surface area contributed by atoms with Crippen LogP contribution in [-0.4, -0.2) is 57.9 Å². The molecule has 4 aliphatic carbocycles. The smallest absolute Gasteiger partial charge is 0.344 e. The van der Waals surface area contributed by atoms with E-state index in [-0.39, 0.29) is 40.8 Å². The molecule has 0 aromatic heterocycles. The van der Waals surface area contributed by atoms with Gasteiger partial charge in [0.05, 0.1) is 12.0 Å². The van der Waals surface area contributed by atoms with Crippen molar-refractivity contribution in [3.05, 3.63) is 34.6 Å². The van der Waals surface area contributed by atoms with E-state index in [1.165, 1.54) is 13.8 Å². The first-order valence-electron chi connectivity index (χ1n) is 12.7. The van der Waals surface area contributed by atoms with Gasteiger partial charge in [-0.2, -0.15) is 0 Å². The second-order valence-electron chi connectivity index (χ2n) is 12.4. The molecule has 196 valence electrons. The monoisotopic (exact) mass is 499 g/mol. The standard InChI is InChI=1S/C28H37NO7/c1-13-11-27-9-8-18-20(25(18,4)5)17(21(27)31)10-16-12-34-26(6,7)36-23(16)28(27,33)22(13)35-24(32)19(14(2)29)15(3)30/h10-11,17-18,20,22-23,29-30,33H,8-9,12H2,1-7H3/b19-15+,29-14?. The molecule has 7 atom stereocenters. The molecule has 3 N–H and O–H groups in total. The Bertz CT molecular complexity index is 1160. The molecule has 0 amide bonds. The number of nitrogens with one attached hydrogen (secondary N) is 1. The van der Waals surface area contributed by atoms with E-state index < -0.39 is 40.9 Å². The zero-order valence-corrected chi connectivity index (χ0v) is 22.1. The van der Waals surface area contributed by atoms with Crippen molar-refractivity contribution in [1.82, 2.24) is 0 Å². The highest BCUT2D eigenvalue weighted by molar-refractivity contribution is 6.18. The van der Waals surface area contributed by atoms with Crippen LogP contribution < -0.4 is 0 Å². The second kappa shape index (κ2) is 7.62. The fourth-order valence-corrected chi connectivity index (χ4v) is 7.66. The van der Waals surface area contributed by atoms with Gasteiger partial charge in [0.2, 0.25) is 0 Å². The van der Waals surface area contributed by atoms with Crippen molar-refractivity contribution in [2.45, 2.75) is 84.9 Å². The molecule has 0 radical (unpaired) electrons. The minimum atomic E-state index is -1.91. The molecular formula is C28H37NO7. The van der Waals surface area contributed by atoms with Gasteiger partial charge >= 0.3 is 5.97 Å². The van der Waals surface area contributed by atoms with Crippen molar-refractivity contribution in [2.24, 2.45) is 28.6 Å². The Labute approximate surface area is 211 Å². The number of aliphatic hydroxyl groups excluding tert-OH is 1. The Hall–Kier alpha value is -2.29. The first-order valence-corrected chi connectivity index (χ1v) is 12.7. The molecule has 2 bridgehead atoms. The van der Waals surface area contributed by atoms with Crippen LogP contribution in [0, 0.1) is 34.0 Å². The lowest BCUT2D eigenvalue weighted by Crippen LogP contribution is -2.66. The van der Waals surface area contributed by atoms with Crippen molar-refractivity contribution in [1.29, 1.82) is 5.41 Å². The molecule has 1 spiro atoms. The summed E-state index contributed by atoms with van der Waals surface area (Å²) in [4.78, 5) is 27.6. The Morgan fingerprint density at radius 1 is 1.22 bits per heavy atom. The van der Waals surface area contributed by atoms with E-state index in [2.05, 4.69) is 13.8 Å². The number of allylic oxidation sites excluding steroid dienone is 2. The van der Waals surface area contributed by atoms with Gasteiger partial charge in [-0.1, -0.05) is 26.0 Å². The van der Waals surface area contributed by atoms with Crippen molar-refractivity contribution >= 4 is 17.5 Å². The van der Waals surface area contributed by atoms with Gasteiger partial charge in [-0.25, -0.2) is 4.79 Å². The molecule has 1 saturated heterocycles. The summed E-state index contributed by atoms with van der Waals surface area (Å²) in [6, 6.07) is 0. The zero-order valence-electron chi connectivity index (χ0n) is 22.1. The van der Waals surface area contributed by atoms with Gasteiger partial charge in [-0.05, 0) is 75.9 Å². The number of carbonyl (C=O) groups is 2. The van der Waals surface area contributed by atoms with Gasteiger partial charge in [0.15, 0.2) is 23.3 Å². The minimum Gasteiger partial charge on any atom is -0.512 e. The summed E-state index contributed by atoms with van der Waals surface area (Å²) in [5.41, 5.74) is -2.37. The molecule has 1 heterocycles. The van der Waals surface area contributed by atoms with Crippen LogP contribution >= 0.6 is 0 Å². The molecule has 0 aromatic rings. The van der Waals surface area contributed by atoms with Gasteiger partial charge in [0, 0.05) is 11.6 Å². The quantitative estimate of drug-likeness (QED) is 0.177. The Morgan fingerprint density at radius 2 is 1.89 bits per heavy atom. The Morgan fingerprint density at radius 3 is 2.50 bits per heavy atom. The summed E-state index contributed by atoms with van der Waals surface area (Å²) < 4.78 is 18.2. The van der Waals surface area contributed by atoms with E-state index in [0.717, 1.165) is 6.42 Å². The summed E-state index contributed by atoms with van der Waals surface area (Å²) in [5.74, 6) is -2.24. The maximum absolute atomic E-state index is 14.4. The normalized spacial score (nSPS) is 42.3. The lowest BCUT2D eigenvalue weighted by molar-refractivity contribution is -0.301. The summed E-state index contributed by atoms with van der Waals surface area (Å²) in [7, 11) is 0. The first kappa shape index (κ1) is 25.4. The van der Waals surface area contributed by atoms with Crippen LogP contribution in [0.3, 0.4) is 0 Å². The summed E-state index contributed by atoms with van der Waals surface area (Å²) in [5, 5.41) is 30.8. The van der Waals surface area contributed by atoms with Crippen LogP contribution in [0.25, 0.3) is 0 Å². The maximum atomic E-state index is 14.4. The number of hydrogen-bond acceptors (Lipinski definition) is 8. The summed E-state index contributed by atoms with van der Waals surface area (Å²) >= 11 is 0. The maximum Gasteiger partial charge on any atom is 0.344 e. The molecule has 36 heavy (non-hydrogen) atoms. The average molecular weight is 500 g/mol. The Balaban J connectivity index is 1.67. The van der Waals surface area contributed by atoms with Crippen LogP contribution in [0.4, 0.5) is 0 Å². The molecule has 7 unspecified atom stereocenters. The molecule has 0 aromatic carbocycles. The first-order chi connectivity index (χ1) is 16.6. The molecular weight excluding hydrogens is 462 g/mol. The van der Waals surface area contributed by atoms with E-state index in [1.54, 1.807) is 26.8 Å². The molecule has 1 aliphatic heterocycles. The summed E-state index contributed by atoms with van der Waals surface area (Å²) in [6.45, 7) is 12.5. The molecule has 2 saturated carbocycles. The predicted octanol–water partition coefficient (Wildman–Crippen LogP) is 3.79. The van der Waals surface area contributed by atoms with Crippen molar-refractivity contribution in [2.75, 3.05) is 6.61 Å². The fourth-order valence-electron chi connectivity index (χ4n) is 7.66. The number of carbonyl (C=O) groups excluding carboxylic acids is 2. The van der Waals surface area contributed by atoms with E-state index in [0.29, 0.717) is 23.5 Å². The number of ether oxygens (including phenoxy) is 3. The summed E-state index contributed by atoms with van der Waals surface area (Å²) in [6.07, 6.45) is 2.79. The van der Waals surface area contributed by atoms with Crippen LogP contribution in [0.2, 0.25) is 0 Å². The molecule has 3 fully saturated rings. The highest BCUT2D eigenvalue weighted by atomic mass is 16.7. The van der Waals surface area contributed by atoms with E-state index in [4.69, 9.17) is 19.6 Å². The third-order valence-corrected chi connectivity index (χ3v) is 9.40. The van der Waals surface area contributed by atoms with Gasteiger partial charge in [0.25, 0.3) is 0 Å². The van der Waals surface area contributed by atoms with Crippen LogP contribution in [-0.2, 0) is 23.8 Å². The van der Waals surface area contributed by atoms with Crippen LogP contribution in [0.1, 0.15) is 61.3 Å². The van der Waals surface area contributed by atoms with Gasteiger partial charge in [0.1, 0.15) is 17.4 Å². The van der Waals surface area contributed by atoms with Crippen molar-refractivity contribution in [3.63, 3.8) is 0 Å². The highest BCUT2D eigenvalue weighted by Crippen LogP contribution is 2.71. The van der Waals surface area contributed by atoms with Crippen LogP contribution in [0.15, 0.2) is 34.6 Å². The van der Waals surface area contributed by atoms with E-state index in [9.17, 15) is 19.8 Å². The van der Waals surface area contributed by atoms with Crippen LogP contribution in [0.5, 0.6) is 0 Å². The third kappa shape index (κ3) is 3.20. The lowest BCUT2D eigenvalue weighted by atomic mass is 9.63. The number of esters is 1. The number of fused-ring (bicyclic) bond motifs is 5. The Kier molecular flexibility index (Phi) is 5.37.